The van der Waals surface area contributed by atoms with Crippen LogP contribution in [0.4, 0.5) is 17.1 Å². The van der Waals surface area contributed by atoms with Gasteiger partial charge in [-0.3, -0.25) is 0 Å². The summed E-state index contributed by atoms with van der Waals surface area (Å²) in [6.45, 7) is 0. The number of hydrogen-bond acceptors (Lipinski definition) is 1. The summed E-state index contributed by atoms with van der Waals surface area (Å²) in [5.41, 5.74) is 5.42. The van der Waals surface area contributed by atoms with Gasteiger partial charge in [0.1, 0.15) is 0 Å². The summed E-state index contributed by atoms with van der Waals surface area (Å²) in [5.74, 6) is 0. The molecule has 11 aromatic carbocycles. The summed E-state index contributed by atoms with van der Waals surface area (Å²) in [7, 11) is 0. The van der Waals surface area contributed by atoms with E-state index in [1.54, 1.807) is 30.3 Å². The number of fused-ring (bicyclic) bond motifs is 2. The van der Waals surface area contributed by atoms with E-state index in [1.807, 2.05) is 140 Å². The van der Waals surface area contributed by atoms with Crippen LogP contribution < -0.4 is 4.90 Å². The molecule has 0 saturated heterocycles. The highest BCUT2D eigenvalue weighted by Crippen LogP contribution is 2.42. The minimum absolute atomic E-state index is 0.0214. The van der Waals surface area contributed by atoms with Crippen LogP contribution in [0.15, 0.2) is 260 Å². The molecular formula is C62H43N. The first-order chi connectivity index (χ1) is 37.5. The van der Waals surface area contributed by atoms with E-state index < -0.39 is 124 Å². The summed E-state index contributed by atoms with van der Waals surface area (Å²) in [4.78, 5) is 1.17. The molecule has 0 saturated carbocycles. The van der Waals surface area contributed by atoms with Crippen molar-refractivity contribution in [3.8, 4) is 66.8 Å². The van der Waals surface area contributed by atoms with Gasteiger partial charge in [0.2, 0.25) is 0 Å². The van der Waals surface area contributed by atoms with Crippen LogP contribution in [0.2, 0.25) is 0 Å². The minimum Gasteiger partial charge on any atom is -0.311 e. The maximum absolute atomic E-state index is 9.79. The third-order valence-corrected chi connectivity index (χ3v) is 11.1. The van der Waals surface area contributed by atoms with E-state index in [9.17, 15) is 12.3 Å². The molecule has 1 heteroatoms. The average Bonchev–Trinajstić information content (AvgIpc) is 3.67. The predicted octanol–water partition coefficient (Wildman–Crippen LogP) is 17.5. The Morgan fingerprint density at radius 2 is 0.794 bits per heavy atom. The second kappa shape index (κ2) is 16.7. The lowest BCUT2D eigenvalue weighted by Gasteiger charge is -2.26. The molecule has 0 amide bonds. The first kappa shape index (κ1) is 24.9. The summed E-state index contributed by atoms with van der Waals surface area (Å²) in [5, 5.41) is 1.18. The van der Waals surface area contributed by atoms with Crippen molar-refractivity contribution in [2.45, 2.75) is 0 Å². The van der Waals surface area contributed by atoms with E-state index in [2.05, 4.69) is 0 Å². The number of anilines is 3. The number of benzene rings is 11. The lowest BCUT2D eigenvalue weighted by molar-refractivity contribution is 1.28. The Labute approximate surface area is 390 Å². The minimum atomic E-state index is -0.795. The first-order valence-corrected chi connectivity index (χ1v) is 20.5. The van der Waals surface area contributed by atoms with E-state index in [-0.39, 0.29) is 11.3 Å². The summed E-state index contributed by atoms with van der Waals surface area (Å²) in [6.07, 6.45) is 0. The molecule has 0 spiro atoms. The van der Waals surface area contributed by atoms with Gasteiger partial charge in [-0.05, 0) is 137 Å². The van der Waals surface area contributed by atoms with Crippen molar-refractivity contribution in [2.24, 2.45) is 0 Å². The second-order valence-corrected chi connectivity index (χ2v) is 14.9. The molecule has 0 heterocycles. The van der Waals surface area contributed by atoms with Crippen molar-refractivity contribution in [3.05, 3.63) is 260 Å². The summed E-state index contributed by atoms with van der Waals surface area (Å²) in [6, 6.07) is 43.6. The molecule has 0 aliphatic heterocycles. The maximum Gasteiger partial charge on any atom is 0.0645 e. The van der Waals surface area contributed by atoms with E-state index in [4.69, 9.17) is 8.22 Å². The molecule has 0 atom stereocenters. The van der Waals surface area contributed by atoms with Crippen molar-refractivity contribution in [1.29, 1.82) is 0 Å². The van der Waals surface area contributed by atoms with Gasteiger partial charge in [0.15, 0.2) is 0 Å². The van der Waals surface area contributed by atoms with E-state index >= 15 is 0 Å². The molecule has 0 bridgehead atoms. The second-order valence-electron chi connectivity index (χ2n) is 14.9. The molecule has 0 unspecified atom stereocenters. The highest BCUT2D eigenvalue weighted by Gasteiger charge is 2.17. The van der Waals surface area contributed by atoms with E-state index in [1.165, 1.54) is 4.90 Å². The monoisotopic (exact) mass is 816 g/mol. The Morgan fingerprint density at radius 3 is 1.46 bits per heavy atom. The van der Waals surface area contributed by atoms with Crippen LogP contribution >= 0.6 is 0 Å². The molecule has 0 aliphatic rings. The SMILES string of the molecule is [2H]c1c([2H])c(N(c2ccc(-c3ccc4ccccc4c3-c3ccccc3)cc2)c2c([2H])c([2H])c(-c3c([2H])c([2H])c4c([2H])c([2H])c([2H])c([2H])c4c3[2H])c([2H])c2[2H])c([2H])c([2H])c1-c1ccc(-c2ccccc2)c(-c2ccccc2)c1. The number of hydrogen-bond donors (Lipinski definition) is 0. The zero-order valence-electron chi connectivity index (χ0n) is 48.6. The molecule has 11 aromatic rings. The Balaban J connectivity index is 1.15. The molecule has 1 nitrogen and oxygen atoms in total. The highest BCUT2D eigenvalue weighted by atomic mass is 15.1. The molecule has 296 valence electrons. The fourth-order valence-corrected chi connectivity index (χ4v) is 8.02. The molecule has 11 rings (SSSR count). The topological polar surface area (TPSA) is 3.24 Å². The van der Waals surface area contributed by atoms with Crippen LogP contribution in [-0.2, 0) is 0 Å². The van der Waals surface area contributed by atoms with Gasteiger partial charge in [-0.25, -0.2) is 0 Å². The first-order valence-electron chi connectivity index (χ1n) is 28.0. The van der Waals surface area contributed by atoms with Crippen molar-refractivity contribution in [3.63, 3.8) is 0 Å². The van der Waals surface area contributed by atoms with E-state index in [0.29, 0.717) is 5.56 Å². The van der Waals surface area contributed by atoms with Crippen molar-refractivity contribution in [1.82, 2.24) is 0 Å². The van der Waals surface area contributed by atoms with Gasteiger partial charge in [0.05, 0.1) is 20.6 Å². The highest BCUT2D eigenvalue weighted by molar-refractivity contribution is 6.04. The van der Waals surface area contributed by atoms with Crippen LogP contribution in [0.3, 0.4) is 0 Å². The van der Waals surface area contributed by atoms with Gasteiger partial charge < -0.3 is 4.90 Å². The van der Waals surface area contributed by atoms with Crippen LogP contribution in [0, 0.1) is 0 Å². The van der Waals surface area contributed by atoms with Crippen LogP contribution in [0.5, 0.6) is 0 Å². The summed E-state index contributed by atoms with van der Waals surface area (Å²) >= 11 is 0. The Bertz CT molecular complexity index is 4190. The standard InChI is InChI=1S/C62H43N/c1-4-15-47(16-5-1)58-40-33-54(43-61(58)48-17-6-2-7-18-48)46-28-36-56(37-29-46)63(55-34-26-45(27-35-55)53-25-24-44-14-10-11-22-52(44)42-53)57-38-30-50(31-39-57)60-41-32-49-19-12-13-23-59(49)62(60)51-20-8-3-9-21-51/h1-43H/i10D,11D,14D,22D,24D,25D,26D,27D,28D,29D,34D,35D,36D,37D,42D. The van der Waals surface area contributed by atoms with Crippen molar-refractivity contribution in [2.75, 3.05) is 4.90 Å². The van der Waals surface area contributed by atoms with Gasteiger partial charge in [0, 0.05) is 17.1 Å². The van der Waals surface area contributed by atoms with Gasteiger partial charge >= 0.3 is 0 Å². The van der Waals surface area contributed by atoms with Gasteiger partial charge in [-0.15, -0.1) is 0 Å². The van der Waals surface area contributed by atoms with Crippen LogP contribution in [0.1, 0.15) is 20.6 Å². The maximum atomic E-state index is 9.79. The Hall–Kier alpha value is -8.26. The fourth-order valence-electron chi connectivity index (χ4n) is 8.02. The molecular weight excluding hydrogens is 759 g/mol. The zero-order valence-corrected chi connectivity index (χ0v) is 33.6. The predicted molar refractivity (Wildman–Crippen MR) is 269 cm³/mol. The third-order valence-electron chi connectivity index (χ3n) is 11.1. The number of nitrogens with zero attached hydrogens (tertiary/aromatic N) is 1. The van der Waals surface area contributed by atoms with Crippen molar-refractivity contribution >= 4 is 38.6 Å². The normalized spacial score (nSPS) is 14.5. The van der Waals surface area contributed by atoms with Gasteiger partial charge in [0.25, 0.3) is 0 Å². The van der Waals surface area contributed by atoms with Crippen molar-refractivity contribution < 1.29 is 20.6 Å². The average molecular weight is 817 g/mol. The summed E-state index contributed by atoms with van der Waals surface area (Å²) < 4.78 is 138. The smallest absolute Gasteiger partial charge is 0.0645 e. The third kappa shape index (κ3) is 7.47. The van der Waals surface area contributed by atoms with Gasteiger partial charge in [-0.2, -0.15) is 0 Å². The largest absolute Gasteiger partial charge is 0.311 e. The zero-order chi connectivity index (χ0) is 55.0. The molecule has 0 radical (unpaired) electrons. The Morgan fingerprint density at radius 1 is 0.286 bits per heavy atom. The quantitative estimate of drug-likeness (QED) is 0.140. The van der Waals surface area contributed by atoms with Gasteiger partial charge in [-0.1, -0.05) is 212 Å². The van der Waals surface area contributed by atoms with Crippen LogP contribution in [0.25, 0.3) is 88.3 Å². The molecule has 0 aliphatic carbocycles. The molecule has 63 heavy (non-hydrogen) atoms. The molecule has 0 N–H and O–H groups in total. The number of rotatable bonds is 9. The van der Waals surface area contributed by atoms with E-state index in [0.717, 1.165) is 55.3 Å². The Kier molecular flexibility index (Phi) is 6.57. The van der Waals surface area contributed by atoms with Crippen LogP contribution in [-0.4, -0.2) is 0 Å². The lowest BCUT2D eigenvalue weighted by Crippen LogP contribution is -2.09. The fraction of sp³-hybridized carbons (Fsp3) is 0. The molecule has 0 aromatic heterocycles. The molecule has 0 fully saturated rings. The lowest BCUT2D eigenvalue weighted by atomic mass is 9.90.